The zero-order chi connectivity index (χ0) is 13.9. The van der Waals surface area contributed by atoms with Gasteiger partial charge in [-0.1, -0.05) is 30.3 Å². The van der Waals surface area contributed by atoms with Crippen LogP contribution >= 0.6 is 0 Å². The Morgan fingerprint density at radius 2 is 1.74 bits per heavy atom. The van der Waals surface area contributed by atoms with Crippen LogP contribution in [-0.4, -0.2) is 32.5 Å². The Morgan fingerprint density at radius 3 is 2.37 bits per heavy atom. The van der Waals surface area contributed by atoms with Gasteiger partial charge in [-0.3, -0.25) is 4.98 Å². The minimum absolute atomic E-state index is 0.162. The highest BCUT2D eigenvalue weighted by molar-refractivity contribution is 7.89. The van der Waals surface area contributed by atoms with Crippen molar-refractivity contribution >= 4 is 10.0 Å². The van der Waals surface area contributed by atoms with E-state index in [0.29, 0.717) is 5.69 Å². The number of nitrogens with zero attached hydrogens (tertiary/aromatic N) is 2. The molecule has 1 heterocycles. The minimum atomic E-state index is -3.62. The lowest BCUT2D eigenvalue weighted by Gasteiger charge is -2.14. The first-order valence-electron chi connectivity index (χ1n) is 5.71. The molecule has 0 amide bonds. The number of hydrogen-bond donors (Lipinski definition) is 1. The highest BCUT2D eigenvalue weighted by Gasteiger charge is 2.20. The van der Waals surface area contributed by atoms with E-state index in [1.165, 1.54) is 5.01 Å². The summed E-state index contributed by atoms with van der Waals surface area (Å²) >= 11 is 0. The molecule has 0 spiro atoms. The maximum absolute atomic E-state index is 12.2. The first kappa shape index (κ1) is 13.7. The summed E-state index contributed by atoms with van der Waals surface area (Å²) < 4.78 is 24.5. The number of benzene rings is 1. The van der Waals surface area contributed by atoms with Crippen LogP contribution < -0.4 is 4.83 Å². The Bertz CT molecular complexity index is 655. The van der Waals surface area contributed by atoms with Gasteiger partial charge in [0.05, 0.1) is 5.69 Å². The van der Waals surface area contributed by atoms with Crippen molar-refractivity contribution < 1.29 is 8.42 Å². The van der Waals surface area contributed by atoms with Crippen LogP contribution in [0.5, 0.6) is 0 Å². The van der Waals surface area contributed by atoms with Gasteiger partial charge < -0.3 is 0 Å². The van der Waals surface area contributed by atoms with Crippen LogP contribution in [0.25, 0.3) is 11.3 Å². The van der Waals surface area contributed by atoms with Gasteiger partial charge in [-0.15, -0.1) is 4.83 Å². The lowest BCUT2D eigenvalue weighted by Crippen LogP contribution is -2.36. The Labute approximate surface area is 112 Å². The van der Waals surface area contributed by atoms with E-state index in [0.717, 1.165) is 5.56 Å². The van der Waals surface area contributed by atoms with Crippen molar-refractivity contribution in [3.8, 4) is 11.3 Å². The van der Waals surface area contributed by atoms with Gasteiger partial charge in [0, 0.05) is 25.9 Å². The number of aromatic nitrogens is 1. The maximum atomic E-state index is 12.2. The maximum Gasteiger partial charge on any atom is 0.255 e. The van der Waals surface area contributed by atoms with Crippen LogP contribution in [-0.2, 0) is 10.0 Å². The molecular weight excluding hydrogens is 262 g/mol. The topological polar surface area (TPSA) is 62.3 Å². The lowest BCUT2D eigenvalue weighted by molar-refractivity contribution is 0.364. The summed E-state index contributed by atoms with van der Waals surface area (Å²) in [6, 6.07) is 12.4. The monoisotopic (exact) mass is 277 g/mol. The second-order valence-corrected chi connectivity index (χ2v) is 5.83. The quantitative estimate of drug-likeness (QED) is 0.860. The van der Waals surface area contributed by atoms with Crippen LogP contribution in [0.1, 0.15) is 0 Å². The fourth-order valence-electron chi connectivity index (χ4n) is 1.71. The molecule has 1 aromatic carbocycles. The molecule has 19 heavy (non-hydrogen) atoms. The predicted molar refractivity (Wildman–Crippen MR) is 73.7 cm³/mol. The van der Waals surface area contributed by atoms with Crippen molar-refractivity contribution in [1.82, 2.24) is 14.8 Å². The summed E-state index contributed by atoms with van der Waals surface area (Å²) in [6.45, 7) is 0. The Balaban J connectivity index is 2.54. The number of nitrogens with one attached hydrogen (secondary N) is 1. The van der Waals surface area contributed by atoms with Crippen molar-refractivity contribution in [2.75, 3.05) is 14.1 Å². The molecule has 0 saturated heterocycles. The summed E-state index contributed by atoms with van der Waals surface area (Å²) in [6.07, 6.45) is 1.58. The molecule has 6 heteroatoms. The number of hydrogen-bond acceptors (Lipinski definition) is 4. The van der Waals surface area contributed by atoms with E-state index < -0.39 is 10.0 Å². The summed E-state index contributed by atoms with van der Waals surface area (Å²) in [5.74, 6) is 0. The molecule has 0 fully saturated rings. The average Bonchev–Trinajstić information content (AvgIpc) is 2.38. The molecule has 0 aliphatic rings. The molecule has 1 aromatic heterocycles. The molecule has 0 aliphatic carbocycles. The Hall–Kier alpha value is -1.76. The van der Waals surface area contributed by atoms with Gasteiger partial charge in [-0.2, -0.15) is 0 Å². The van der Waals surface area contributed by atoms with Crippen molar-refractivity contribution in [2.45, 2.75) is 4.90 Å². The highest BCUT2D eigenvalue weighted by atomic mass is 32.2. The zero-order valence-corrected chi connectivity index (χ0v) is 11.6. The normalized spacial score (nSPS) is 11.7. The van der Waals surface area contributed by atoms with E-state index in [-0.39, 0.29) is 4.90 Å². The van der Waals surface area contributed by atoms with Gasteiger partial charge in [-0.05, 0) is 12.1 Å². The number of pyridine rings is 1. The standard InChI is InChI=1S/C13H15N3O2S/c1-16(2)15-19(17,18)12-9-6-10-14-13(12)11-7-4-3-5-8-11/h3-10,15H,1-2H3. The zero-order valence-electron chi connectivity index (χ0n) is 10.7. The van der Waals surface area contributed by atoms with Crippen LogP contribution in [0.4, 0.5) is 0 Å². The van der Waals surface area contributed by atoms with Crippen LogP contribution in [0.2, 0.25) is 0 Å². The molecule has 0 radical (unpaired) electrons. The van der Waals surface area contributed by atoms with E-state index in [2.05, 4.69) is 9.82 Å². The lowest BCUT2D eigenvalue weighted by atomic mass is 10.1. The summed E-state index contributed by atoms with van der Waals surface area (Å²) in [4.78, 5) is 6.76. The van der Waals surface area contributed by atoms with Gasteiger partial charge in [-0.25, -0.2) is 13.4 Å². The summed E-state index contributed by atoms with van der Waals surface area (Å²) in [7, 11) is -0.383. The number of rotatable bonds is 4. The number of sulfonamides is 1. The van der Waals surface area contributed by atoms with Crippen molar-refractivity contribution in [2.24, 2.45) is 0 Å². The van der Waals surface area contributed by atoms with E-state index in [1.807, 2.05) is 30.3 Å². The van der Waals surface area contributed by atoms with Gasteiger partial charge in [0.2, 0.25) is 0 Å². The smallest absolute Gasteiger partial charge is 0.255 e. The second-order valence-electron chi connectivity index (χ2n) is 4.21. The molecule has 0 bridgehead atoms. The molecule has 100 valence electrons. The highest BCUT2D eigenvalue weighted by Crippen LogP contribution is 2.24. The fraction of sp³-hybridized carbons (Fsp3) is 0.154. The average molecular weight is 277 g/mol. The molecule has 0 saturated carbocycles. The van der Waals surface area contributed by atoms with Gasteiger partial charge in [0.1, 0.15) is 4.90 Å². The molecule has 2 rings (SSSR count). The van der Waals surface area contributed by atoms with Crippen molar-refractivity contribution in [3.05, 3.63) is 48.7 Å². The molecule has 0 unspecified atom stereocenters. The third-order valence-corrected chi connectivity index (χ3v) is 3.92. The van der Waals surface area contributed by atoms with Crippen LogP contribution in [0.15, 0.2) is 53.6 Å². The van der Waals surface area contributed by atoms with Gasteiger partial charge >= 0.3 is 0 Å². The third-order valence-electron chi connectivity index (χ3n) is 2.41. The molecular formula is C13H15N3O2S. The number of hydrazine groups is 1. The molecule has 1 N–H and O–H groups in total. The van der Waals surface area contributed by atoms with E-state index in [9.17, 15) is 8.42 Å². The third kappa shape index (κ3) is 3.17. The van der Waals surface area contributed by atoms with Gasteiger partial charge in [0.25, 0.3) is 10.0 Å². The first-order chi connectivity index (χ1) is 9.00. The Morgan fingerprint density at radius 1 is 1.05 bits per heavy atom. The fourth-order valence-corrected chi connectivity index (χ4v) is 2.97. The van der Waals surface area contributed by atoms with Crippen molar-refractivity contribution in [1.29, 1.82) is 0 Å². The van der Waals surface area contributed by atoms with E-state index >= 15 is 0 Å². The molecule has 2 aromatic rings. The second kappa shape index (κ2) is 5.48. The van der Waals surface area contributed by atoms with Crippen molar-refractivity contribution in [3.63, 3.8) is 0 Å². The largest absolute Gasteiger partial charge is 0.255 e. The van der Waals surface area contributed by atoms with Gasteiger partial charge in [0.15, 0.2) is 0 Å². The SMILES string of the molecule is CN(C)NS(=O)(=O)c1cccnc1-c1ccccc1. The summed E-state index contributed by atoms with van der Waals surface area (Å²) in [5, 5.41) is 1.39. The first-order valence-corrected chi connectivity index (χ1v) is 7.19. The van der Waals surface area contributed by atoms with Crippen LogP contribution in [0, 0.1) is 0 Å². The summed E-state index contributed by atoms with van der Waals surface area (Å²) in [5.41, 5.74) is 1.21. The predicted octanol–water partition coefficient (Wildman–Crippen LogP) is 1.50. The van der Waals surface area contributed by atoms with E-state index in [1.54, 1.807) is 32.4 Å². The molecule has 0 aliphatic heterocycles. The molecule has 5 nitrogen and oxygen atoms in total. The minimum Gasteiger partial charge on any atom is -0.255 e. The van der Waals surface area contributed by atoms with E-state index in [4.69, 9.17) is 0 Å². The Kier molecular flexibility index (Phi) is 3.94. The van der Waals surface area contributed by atoms with Crippen LogP contribution in [0.3, 0.4) is 0 Å². The molecule has 0 atom stereocenters.